The number of nitrogens with zero attached hydrogens (tertiary/aromatic N) is 4. The molecule has 1 aromatic carbocycles. The minimum atomic E-state index is -4.09. The zero-order valence-corrected chi connectivity index (χ0v) is 15.7. The van der Waals surface area contributed by atoms with Crippen molar-refractivity contribution in [3.05, 3.63) is 69.2 Å². The second-order valence-corrected chi connectivity index (χ2v) is 5.87. The summed E-state index contributed by atoms with van der Waals surface area (Å²) in [6.45, 7) is -14.4. The molecule has 0 fully saturated rings. The van der Waals surface area contributed by atoms with Crippen molar-refractivity contribution in [3.8, 4) is 5.75 Å². The van der Waals surface area contributed by atoms with Crippen LogP contribution in [0.1, 0.15) is 72.7 Å². The molecule has 3 rings (SSSR count). The molecule has 0 unspecified atom stereocenters. The molecular weight excluding hydrogens is 423 g/mol. The van der Waals surface area contributed by atoms with E-state index in [2.05, 4.69) is 15.2 Å². The molecule has 2 heterocycles. The van der Waals surface area contributed by atoms with E-state index in [-0.39, 0.29) is 5.89 Å². The van der Waals surface area contributed by atoms with Gasteiger partial charge in [-0.3, -0.25) is 19.0 Å². The van der Waals surface area contributed by atoms with E-state index < -0.39 is 113 Å². The molecule has 11 nitrogen and oxygen atoms in total. The standard InChI is InChI=1S/C20H21FN6O5/c1-10-25-26-17(32-10)16(30)24-20(2,3)19-23-13(14(28)18(31)27(19)4)15(29)22-9-11-5-7-12(21)8-6-11/h5-8,28H,9H2,1-4H3,(H,22,29)(H,24,30)/i2D3,3D3,4D3,5D,6D,7D,8D,9D2. The average molecular weight is 460 g/mol. The molecule has 0 spiro atoms. The molecule has 2 aromatic heterocycles. The Morgan fingerprint density at radius 2 is 2.03 bits per heavy atom. The van der Waals surface area contributed by atoms with Crippen LogP contribution in [0.25, 0.3) is 0 Å². The second-order valence-electron chi connectivity index (χ2n) is 5.87. The molecule has 0 saturated heterocycles. The monoisotopic (exact) mass is 459 g/mol. The maximum atomic E-state index is 14.0. The number of hydrogen-bond acceptors (Lipinski definition) is 8. The summed E-state index contributed by atoms with van der Waals surface area (Å²) in [6, 6.07) is -5.33. The topological polar surface area (TPSA) is 152 Å². The Hall–Kier alpha value is -4.09. The first-order chi connectivity index (χ1) is 21.1. The van der Waals surface area contributed by atoms with Gasteiger partial charge in [-0.1, -0.05) is 12.1 Å². The smallest absolute Gasteiger partial charge is 0.309 e. The van der Waals surface area contributed by atoms with Gasteiger partial charge in [0.2, 0.25) is 11.6 Å². The number of amides is 2. The Bertz CT molecular complexity index is 1790. The first kappa shape index (κ1) is 10.0. The van der Waals surface area contributed by atoms with E-state index in [1.165, 1.54) is 12.2 Å². The fraction of sp³-hybridized carbons (Fsp3) is 0.300. The van der Waals surface area contributed by atoms with Gasteiger partial charge in [-0.05, 0) is 31.4 Å². The van der Waals surface area contributed by atoms with Gasteiger partial charge in [-0.2, -0.15) is 0 Å². The van der Waals surface area contributed by atoms with Gasteiger partial charge < -0.3 is 20.2 Å². The lowest BCUT2D eigenvalue weighted by Gasteiger charge is -2.27. The van der Waals surface area contributed by atoms with Crippen molar-refractivity contribution < 1.29 is 44.1 Å². The Kier molecular flexibility index (Phi) is 2.68. The van der Waals surface area contributed by atoms with Crippen LogP contribution in [-0.2, 0) is 19.0 Å². The van der Waals surface area contributed by atoms with Gasteiger partial charge in [0.1, 0.15) is 11.6 Å². The normalized spacial score (nSPS) is 19.8. The van der Waals surface area contributed by atoms with Gasteiger partial charge in [0, 0.05) is 32.7 Å². The second kappa shape index (κ2) is 8.57. The van der Waals surface area contributed by atoms with Crippen LogP contribution in [0.3, 0.4) is 0 Å². The maximum Gasteiger partial charge on any atom is 0.309 e. The van der Waals surface area contributed by atoms with Crippen molar-refractivity contribution in [2.24, 2.45) is 6.98 Å². The van der Waals surface area contributed by atoms with E-state index >= 15 is 0 Å². The zero-order valence-electron chi connectivity index (χ0n) is 30.7. The Labute approximate surface area is 202 Å². The number of aryl methyl sites for hydroxylation is 1. The molecule has 0 bridgehead atoms. The summed E-state index contributed by atoms with van der Waals surface area (Å²) in [7, 11) is 0. The third-order valence-electron chi connectivity index (χ3n) is 3.53. The van der Waals surface area contributed by atoms with E-state index in [1.807, 2.05) is 0 Å². The molecule has 3 N–H and O–H groups in total. The summed E-state index contributed by atoms with van der Waals surface area (Å²) < 4.78 is 137. The summed E-state index contributed by atoms with van der Waals surface area (Å²) in [4.78, 5) is 43.0. The quantitative estimate of drug-likeness (QED) is 0.492. The highest BCUT2D eigenvalue weighted by Gasteiger charge is 2.32. The summed E-state index contributed by atoms with van der Waals surface area (Å²) in [5, 5.41) is 20.2. The van der Waals surface area contributed by atoms with Crippen LogP contribution < -0.4 is 16.2 Å². The lowest BCUT2D eigenvalue weighted by atomic mass is 10.0. The predicted molar refractivity (Wildman–Crippen MR) is 108 cm³/mol. The van der Waals surface area contributed by atoms with Crippen molar-refractivity contribution in [2.45, 2.75) is 32.7 Å². The Morgan fingerprint density at radius 3 is 2.62 bits per heavy atom. The minimum absolute atomic E-state index is 0.262. The van der Waals surface area contributed by atoms with Crippen molar-refractivity contribution in [3.63, 3.8) is 0 Å². The van der Waals surface area contributed by atoms with Gasteiger partial charge in [0.15, 0.2) is 5.69 Å². The molecule has 0 aliphatic carbocycles. The third kappa shape index (κ3) is 4.63. The number of halogens is 1. The van der Waals surface area contributed by atoms with Crippen LogP contribution in [-0.4, -0.2) is 36.7 Å². The molecule has 12 heteroatoms. The van der Waals surface area contributed by atoms with Crippen LogP contribution in [0.15, 0.2) is 33.4 Å². The van der Waals surface area contributed by atoms with Crippen molar-refractivity contribution in [2.75, 3.05) is 0 Å². The molecule has 3 aromatic rings. The lowest BCUT2D eigenvalue weighted by Crippen LogP contribution is -2.46. The van der Waals surface area contributed by atoms with Crippen molar-refractivity contribution in [1.29, 1.82) is 0 Å². The summed E-state index contributed by atoms with van der Waals surface area (Å²) >= 11 is 0. The van der Waals surface area contributed by atoms with E-state index in [0.717, 1.165) is 0 Å². The summed E-state index contributed by atoms with van der Waals surface area (Å²) in [5.41, 5.74) is -9.19. The van der Waals surface area contributed by atoms with Gasteiger partial charge in [-0.25, -0.2) is 9.37 Å². The van der Waals surface area contributed by atoms with Crippen LogP contribution in [0, 0.1) is 12.7 Å². The average Bonchev–Trinajstić information content (AvgIpc) is 3.34. The van der Waals surface area contributed by atoms with Crippen LogP contribution in [0.2, 0.25) is 0 Å². The molecular formula is C20H21FN6O5. The summed E-state index contributed by atoms with van der Waals surface area (Å²) in [6.07, 6.45) is 0. The minimum Gasteiger partial charge on any atom is -0.501 e. The van der Waals surface area contributed by atoms with Gasteiger partial charge >= 0.3 is 11.8 Å². The van der Waals surface area contributed by atoms with Gasteiger partial charge in [0.05, 0.1) is 13.8 Å². The molecule has 32 heavy (non-hydrogen) atoms. The molecule has 0 aliphatic rings. The molecule has 0 radical (unpaired) electrons. The number of carbonyl (C=O) groups excluding carboxylic acids is 2. The fourth-order valence-electron chi connectivity index (χ4n) is 2.13. The Balaban J connectivity index is 2.41. The van der Waals surface area contributed by atoms with Gasteiger partial charge in [-0.15, -0.1) is 10.2 Å². The van der Waals surface area contributed by atoms with Crippen LogP contribution in [0.5, 0.6) is 5.75 Å². The zero-order chi connectivity index (χ0) is 36.4. The third-order valence-corrected chi connectivity index (χ3v) is 3.53. The highest BCUT2D eigenvalue weighted by atomic mass is 19.1. The lowest BCUT2D eigenvalue weighted by molar-refractivity contribution is 0.0869. The van der Waals surface area contributed by atoms with E-state index in [4.69, 9.17) is 25.0 Å². The number of nitrogens with one attached hydrogen (secondary N) is 2. The number of hydrogen-bond donors (Lipinski definition) is 3. The molecule has 0 saturated carbocycles. The first-order valence-electron chi connectivity index (χ1n) is 15.7. The van der Waals surface area contributed by atoms with Crippen molar-refractivity contribution >= 4 is 11.8 Å². The highest BCUT2D eigenvalue weighted by Crippen LogP contribution is 2.20. The molecule has 0 aliphatic heterocycles. The Morgan fingerprint density at radius 1 is 1.31 bits per heavy atom. The number of aromatic hydroxyl groups is 1. The number of aromatic nitrogens is 4. The SMILES string of the molecule is [2H]c1c([2H])c(C([2H])([2H])NC(=O)c2nc(C(NC(=O)c3nnc(C)o3)(C([2H])([2H])[2H])C([2H])([2H])[2H])n(C([2H])([2H])[2H])c(=O)c2O)c([2H])c([2H])c1F. The first-order valence-corrected chi connectivity index (χ1v) is 8.20. The largest absolute Gasteiger partial charge is 0.501 e. The van der Waals surface area contributed by atoms with Crippen LogP contribution >= 0.6 is 0 Å². The molecule has 0 atom stereocenters. The molecule has 2 amide bonds. The van der Waals surface area contributed by atoms with E-state index in [0.29, 0.717) is 0 Å². The number of benzene rings is 1. The van der Waals surface area contributed by atoms with Crippen molar-refractivity contribution in [1.82, 2.24) is 30.4 Å². The molecule has 168 valence electrons. The number of rotatable bonds is 6. The predicted octanol–water partition coefficient (Wildman–Crippen LogP) is 0.912. The van der Waals surface area contributed by atoms with E-state index in [1.54, 1.807) is 5.32 Å². The van der Waals surface area contributed by atoms with E-state index in [9.17, 15) is 23.9 Å². The maximum absolute atomic E-state index is 14.0. The van der Waals surface area contributed by atoms with Crippen LogP contribution in [0.4, 0.5) is 4.39 Å². The number of carbonyl (C=O) groups is 2. The van der Waals surface area contributed by atoms with Gasteiger partial charge in [0.25, 0.3) is 11.5 Å². The fourth-order valence-corrected chi connectivity index (χ4v) is 2.13. The summed E-state index contributed by atoms with van der Waals surface area (Å²) in [5.74, 6) is -10.5. The highest BCUT2D eigenvalue weighted by molar-refractivity contribution is 5.94.